The zero-order chi connectivity index (χ0) is 27.6. The van der Waals surface area contributed by atoms with Gasteiger partial charge in [-0.25, -0.2) is 19.6 Å². The van der Waals surface area contributed by atoms with Gasteiger partial charge in [-0.1, -0.05) is 6.07 Å². The fourth-order valence-electron chi connectivity index (χ4n) is 4.82. The van der Waals surface area contributed by atoms with Crippen LogP contribution >= 0.6 is 0 Å². The first-order chi connectivity index (χ1) is 19.5. The number of fused-ring (bicyclic) bond motifs is 2. The number of nitrogens with zero attached hydrogens (tertiary/aromatic N) is 7. The van der Waals surface area contributed by atoms with E-state index < -0.39 is 5.91 Å². The lowest BCUT2D eigenvalue weighted by Gasteiger charge is -2.12. The summed E-state index contributed by atoms with van der Waals surface area (Å²) in [5.41, 5.74) is 18.7. The molecule has 198 valence electrons. The Morgan fingerprint density at radius 2 is 1.80 bits per heavy atom. The van der Waals surface area contributed by atoms with E-state index in [-0.39, 0.29) is 0 Å². The summed E-state index contributed by atoms with van der Waals surface area (Å²) in [4.78, 5) is 28.5. The highest BCUT2D eigenvalue weighted by atomic mass is 16.1. The van der Waals surface area contributed by atoms with E-state index >= 15 is 0 Å². The quantitative estimate of drug-likeness (QED) is 0.348. The van der Waals surface area contributed by atoms with E-state index in [0.29, 0.717) is 11.4 Å². The van der Waals surface area contributed by atoms with Crippen LogP contribution in [-0.2, 0) is 12.8 Å². The van der Waals surface area contributed by atoms with Gasteiger partial charge in [0.05, 0.1) is 11.1 Å². The minimum atomic E-state index is -0.438. The zero-order valence-corrected chi connectivity index (χ0v) is 21.9. The van der Waals surface area contributed by atoms with Crippen LogP contribution in [0, 0.1) is 6.92 Å². The number of hydrogen-bond acceptors (Lipinski definition) is 7. The number of primary amides is 1. The van der Waals surface area contributed by atoms with Crippen molar-refractivity contribution in [3.05, 3.63) is 108 Å². The van der Waals surface area contributed by atoms with E-state index in [9.17, 15) is 4.79 Å². The lowest BCUT2D eigenvalue weighted by molar-refractivity contribution is 0.1000. The molecule has 0 atom stereocenters. The Balaban J connectivity index is 0.000000246. The Morgan fingerprint density at radius 1 is 0.925 bits per heavy atom. The summed E-state index contributed by atoms with van der Waals surface area (Å²) >= 11 is 0. The maximum absolute atomic E-state index is 10.5. The molecule has 10 heteroatoms. The minimum absolute atomic E-state index is 0.438. The topological polar surface area (TPSA) is 143 Å². The van der Waals surface area contributed by atoms with Crippen molar-refractivity contribution in [1.82, 2.24) is 34.3 Å². The van der Waals surface area contributed by atoms with Crippen molar-refractivity contribution in [3.63, 3.8) is 0 Å². The summed E-state index contributed by atoms with van der Waals surface area (Å²) in [6.07, 6.45) is 10.2. The number of imidazole rings is 1. The number of nitrogen functional groups attached to an aromatic ring is 1. The summed E-state index contributed by atoms with van der Waals surface area (Å²) in [7, 11) is 0. The van der Waals surface area contributed by atoms with Crippen molar-refractivity contribution in [2.45, 2.75) is 26.2 Å². The van der Waals surface area contributed by atoms with E-state index in [4.69, 9.17) is 21.4 Å². The monoisotopic (exact) mass is 529 g/mol. The highest BCUT2D eigenvalue weighted by Crippen LogP contribution is 2.32. The van der Waals surface area contributed by atoms with Crippen LogP contribution in [0.4, 0.5) is 5.82 Å². The minimum Gasteiger partial charge on any atom is -0.383 e. The van der Waals surface area contributed by atoms with Crippen LogP contribution in [0.2, 0.25) is 0 Å². The van der Waals surface area contributed by atoms with Crippen LogP contribution in [-0.4, -0.2) is 40.2 Å². The molecule has 1 aliphatic rings. The highest BCUT2D eigenvalue weighted by Gasteiger charge is 2.20. The molecule has 40 heavy (non-hydrogen) atoms. The van der Waals surface area contributed by atoms with Crippen LogP contribution in [0.25, 0.3) is 34.1 Å². The third kappa shape index (κ3) is 4.78. The largest absolute Gasteiger partial charge is 0.383 e. The lowest BCUT2D eigenvalue weighted by atomic mass is 10.1. The van der Waals surface area contributed by atoms with E-state index in [1.54, 1.807) is 29.2 Å². The van der Waals surface area contributed by atoms with Crippen molar-refractivity contribution >= 4 is 22.9 Å². The fraction of sp³-hybridized carbons (Fsp3) is 0.133. The number of carbonyl (C=O) groups excluding carboxylic acids is 1. The number of benzene rings is 1. The predicted molar refractivity (Wildman–Crippen MR) is 153 cm³/mol. The number of anilines is 1. The van der Waals surface area contributed by atoms with E-state index in [1.807, 2.05) is 43.5 Å². The van der Waals surface area contributed by atoms with Gasteiger partial charge in [0, 0.05) is 36.2 Å². The summed E-state index contributed by atoms with van der Waals surface area (Å²) in [5, 5.41) is 4.32. The highest BCUT2D eigenvalue weighted by molar-refractivity contribution is 5.92. The molecule has 5 aromatic heterocycles. The Hall–Kier alpha value is -5.38. The van der Waals surface area contributed by atoms with Crippen LogP contribution in [0.3, 0.4) is 0 Å². The Morgan fingerprint density at radius 3 is 2.55 bits per heavy atom. The third-order valence-electron chi connectivity index (χ3n) is 6.84. The van der Waals surface area contributed by atoms with Crippen LogP contribution in [0.15, 0.2) is 85.5 Å². The summed E-state index contributed by atoms with van der Waals surface area (Å²) < 4.78 is 3.83. The van der Waals surface area contributed by atoms with E-state index in [2.05, 4.69) is 37.8 Å². The van der Waals surface area contributed by atoms with Crippen molar-refractivity contribution in [2.75, 3.05) is 5.73 Å². The van der Waals surface area contributed by atoms with Gasteiger partial charge in [0.15, 0.2) is 17.3 Å². The Kier molecular flexibility index (Phi) is 6.49. The second-order valence-electron chi connectivity index (χ2n) is 9.53. The molecule has 0 fully saturated rings. The Labute approximate surface area is 230 Å². The van der Waals surface area contributed by atoms with Crippen molar-refractivity contribution in [1.29, 1.82) is 0 Å². The van der Waals surface area contributed by atoms with Crippen LogP contribution < -0.4 is 11.5 Å². The van der Waals surface area contributed by atoms with Gasteiger partial charge in [0.25, 0.3) is 0 Å². The molecule has 0 unspecified atom stereocenters. The molecule has 0 saturated carbocycles. The average Bonchev–Trinajstić information content (AvgIpc) is 3.73. The number of aryl methyl sites for hydroxylation is 3. The molecule has 0 spiro atoms. The van der Waals surface area contributed by atoms with E-state index in [0.717, 1.165) is 52.6 Å². The summed E-state index contributed by atoms with van der Waals surface area (Å²) in [6, 6.07) is 19.6. The molecule has 0 saturated heterocycles. The van der Waals surface area contributed by atoms with Crippen LogP contribution in [0.1, 0.15) is 33.6 Å². The molecule has 1 aromatic carbocycles. The first kappa shape index (κ1) is 24.9. The van der Waals surface area contributed by atoms with E-state index in [1.165, 1.54) is 23.7 Å². The molecule has 1 aliphatic carbocycles. The lowest BCUT2D eigenvalue weighted by Crippen LogP contribution is -2.10. The third-order valence-corrected chi connectivity index (χ3v) is 6.84. The number of nitrogens with two attached hydrogens (primary N) is 2. The number of rotatable bonds is 4. The maximum Gasteiger partial charge on any atom is 0.250 e. The number of pyridine rings is 3. The summed E-state index contributed by atoms with van der Waals surface area (Å²) in [5.74, 6) is 1.48. The molecular weight excluding hydrogens is 502 g/mol. The van der Waals surface area contributed by atoms with Gasteiger partial charge in [-0.05, 0) is 91.9 Å². The molecule has 10 nitrogen and oxygen atoms in total. The molecule has 5 heterocycles. The molecule has 0 aliphatic heterocycles. The summed E-state index contributed by atoms with van der Waals surface area (Å²) in [6.45, 7) is 1.85. The molecule has 7 rings (SSSR count). The fourth-order valence-corrected chi connectivity index (χ4v) is 4.82. The van der Waals surface area contributed by atoms with Gasteiger partial charge in [0.2, 0.25) is 5.91 Å². The second kappa shape index (κ2) is 10.4. The standard InChI is InChI=1S/C23H19N7.C7H8N2O/c24-21-18(6-2-11-25-21)22-27-19-9-10-20(29-13-3-12-26-29)28-23(19)30(22)17-8-7-15-4-1-5-16(15)14-17;1-5-2-3-6(4-9-5)7(8)10/h2-3,6-14H,1,4-5H2,(H2,24,25);2-4H,1H3,(H2,8,10). The number of amides is 1. The molecular formula is C30H27N9O. The molecule has 0 radical (unpaired) electrons. The first-order valence-electron chi connectivity index (χ1n) is 12.9. The smallest absolute Gasteiger partial charge is 0.250 e. The maximum atomic E-state index is 10.5. The SMILES string of the molecule is Cc1ccc(C(N)=O)cn1.Nc1ncccc1-c1nc2ccc(-n3cccn3)nc2n1-c1ccc2c(c1)CCC2. The average molecular weight is 530 g/mol. The normalized spacial score (nSPS) is 12.1. The second-order valence-corrected chi connectivity index (χ2v) is 9.53. The predicted octanol–water partition coefficient (Wildman–Crippen LogP) is 4.23. The molecule has 4 N–H and O–H groups in total. The molecule has 6 aromatic rings. The van der Waals surface area contributed by atoms with Crippen molar-refractivity contribution in [3.8, 4) is 22.9 Å². The first-order valence-corrected chi connectivity index (χ1v) is 12.9. The molecule has 0 bridgehead atoms. The van der Waals surface area contributed by atoms with Gasteiger partial charge in [-0.2, -0.15) is 5.10 Å². The van der Waals surface area contributed by atoms with Crippen molar-refractivity contribution < 1.29 is 4.79 Å². The zero-order valence-electron chi connectivity index (χ0n) is 21.9. The van der Waals surface area contributed by atoms with Gasteiger partial charge in [0.1, 0.15) is 11.3 Å². The number of hydrogen-bond donors (Lipinski definition) is 2. The number of carbonyl (C=O) groups is 1. The molecule has 1 amide bonds. The van der Waals surface area contributed by atoms with Gasteiger partial charge in [-0.15, -0.1) is 0 Å². The van der Waals surface area contributed by atoms with Crippen LogP contribution in [0.5, 0.6) is 0 Å². The Bertz CT molecular complexity index is 1820. The van der Waals surface area contributed by atoms with Gasteiger partial charge in [-0.3, -0.25) is 14.3 Å². The number of aromatic nitrogens is 7. The van der Waals surface area contributed by atoms with Gasteiger partial charge < -0.3 is 11.5 Å². The van der Waals surface area contributed by atoms with Gasteiger partial charge >= 0.3 is 0 Å². The van der Waals surface area contributed by atoms with Crippen molar-refractivity contribution in [2.24, 2.45) is 5.73 Å².